The van der Waals surface area contributed by atoms with Crippen LogP contribution in [0.2, 0.25) is 0 Å². The molecule has 13 heavy (non-hydrogen) atoms. The maximum absolute atomic E-state index is 11.0. The van der Waals surface area contributed by atoms with E-state index in [1.165, 1.54) is 0 Å². The van der Waals surface area contributed by atoms with Crippen molar-refractivity contribution >= 4 is 11.9 Å². The van der Waals surface area contributed by atoms with Gasteiger partial charge in [0.1, 0.15) is 0 Å². The Morgan fingerprint density at radius 3 is 2.77 bits per heavy atom. The van der Waals surface area contributed by atoms with Gasteiger partial charge < -0.3 is 10.4 Å². The Kier molecular flexibility index (Phi) is 2.90. The van der Waals surface area contributed by atoms with E-state index < -0.39 is 11.9 Å². The molecule has 0 bridgehead atoms. The molecule has 0 saturated carbocycles. The van der Waals surface area contributed by atoms with Crippen LogP contribution >= 0.6 is 0 Å². The fraction of sp³-hybridized carbons (Fsp3) is 0.778. The van der Waals surface area contributed by atoms with Gasteiger partial charge in [-0.2, -0.15) is 0 Å². The van der Waals surface area contributed by atoms with E-state index in [1.54, 1.807) is 0 Å². The molecule has 1 aliphatic rings. The van der Waals surface area contributed by atoms with Gasteiger partial charge in [-0.05, 0) is 12.3 Å². The quantitative estimate of drug-likeness (QED) is 0.677. The summed E-state index contributed by atoms with van der Waals surface area (Å²) in [5.41, 5.74) is 0. The molecule has 1 rings (SSSR count). The second kappa shape index (κ2) is 3.77. The van der Waals surface area contributed by atoms with Crippen LogP contribution in [-0.2, 0) is 9.59 Å². The number of amides is 1. The molecule has 2 N–H and O–H groups in total. The van der Waals surface area contributed by atoms with E-state index in [9.17, 15) is 9.59 Å². The summed E-state index contributed by atoms with van der Waals surface area (Å²) in [6.45, 7) is 4.03. The minimum atomic E-state index is -0.871. The standard InChI is InChI=1S/C9H15NO3/c1-5(2)3-7-6(9(12)13)4-8(11)10-7/h5-7H,3-4H2,1-2H3,(H,10,11)(H,12,13)/t6-,7+/m0/s1. The first-order chi connectivity index (χ1) is 6.00. The number of carbonyl (C=O) groups excluding carboxylic acids is 1. The van der Waals surface area contributed by atoms with E-state index in [2.05, 4.69) is 5.32 Å². The summed E-state index contributed by atoms with van der Waals surface area (Å²) in [4.78, 5) is 21.7. The van der Waals surface area contributed by atoms with Crippen molar-refractivity contribution < 1.29 is 14.7 Å². The van der Waals surface area contributed by atoms with E-state index in [-0.39, 0.29) is 18.4 Å². The van der Waals surface area contributed by atoms with Crippen LogP contribution in [0.3, 0.4) is 0 Å². The zero-order valence-electron chi connectivity index (χ0n) is 7.91. The van der Waals surface area contributed by atoms with Crippen LogP contribution in [0.1, 0.15) is 26.7 Å². The second-order valence-electron chi connectivity index (χ2n) is 3.95. The van der Waals surface area contributed by atoms with Crippen LogP contribution in [0.15, 0.2) is 0 Å². The fourth-order valence-electron chi connectivity index (χ4n) is 1.70. The highest BCUT2D eigenvalue weighted by molar-refractivity contribution is 5.86. The highest BCUT2D eigenvalue weighted by Gasteiger charge is 2.37. The Hall–Kier alpha value is -1.06. The zero-order chi connectivity index (χ0) is 10.0. The van der Waals surface area contributed by atoms with Crippen molar-refractivity contribution in [3.63, 3.8) is 0 Å². The summed E-state index contributed by atoms with van der Waals surface area (Å²) >= 11 is 0. The van der Waals surface area contributed by atoms with Crippen LogP contribution < -0.4 is 5.32 Å². The number of hydrogen-bond acceptors (Lipinski definition) is 2. The lowest BCUT2D eigenvalue weighted by Gasteiger charge is -2.16. The Morgan fingerprint density at radius 2 is 2.31 bits per heavy atom. The first-order valence-electron chi connectivity index (χ1n) is 4.53. The molecule has 0 aromatic rings. The average molecular weight is 185 g/mol. The van der Waals surface area contributed by atoms with Gasteiger partial charge in [0.2, 0.25) is 5.91 Å². The Bertz CT molecular complexity index is 225. The molecule has 4 heteroatoms. The first-order valence-corrected chi connectivity index (χ1v) is 4.53. The molecular formula is C9H15NO3. The highest BCUT2D eigenvalue weighted by atomic mass is 16.4. The summed E-state index contributed by atoms with van der Waals surface area (Å²) in [6, 6.07) is -0.176. The molecule has 0 spiro atoms. The lowest BCUT2D eigenvalue weighted by atomic mass is 9.93. The van der Waals surface area contributed by atoms with Gasteiger partial charge in [-0.3, -0.25) is 9.59 Å². The van der Waals surface area contributed by atoms with Gasteiger partial charge in [0.15, 0.2) is 0 Å². The first kappa shape index (κ1) is 10.0. The minimum Gasteiger partial charge on any atom is -0.481 e. The van der Waals surface area contributed by atoms with Crippen LogP contribution in [-0.4, -0.2) is 23.0 Å². The van der Waals surface area contributed by atoms with Crippen molar-refractivity contribution in [1.82, 2.24) is 5.32 Å². The predicted molar refractivity (Wildman–Crippen MR) is 47.1 cm³/mol. The number of hydrogen-bond donors (Lipinski definition) is 2. The summed E-state index contributed by atoms with van der Waals surface area (Å²) in [5.74, 6) is -1.14. The molecule has 2 atom stereocenters. The second-order valence-corrected chi connectivity index (χ2v) is 3.95. The molecule has 0 unspecified atom stereocenters. The molecule has 1 heterocycles. The monoisotopic (exact) mass is 185 g/mol. The molecule has 0 aromatic carbocycles. The third-order valence-corrected chi connectivity index (χ3v) is 2.28. The Labute approximate surface area is 77.3 Å². The molecule has 74 valence electrons. The zero-order valence-corrected chi connectivity index (χ0v) is 7.91. The van der Waals surface area contributed by atoms with Gasteiger partial charge in [0, 0.05) is 12.5 Å². The number of carboxylic acid groups (broad SMARTS) is 1. The minimum absolute atomic E-state index is 0.132. The van der Waals surface area contributed by atoms with Gasteiger partial charge in [-0.1, -0.05) is 13.8 Å². The molecular weight excluding hydrogens is 170 g/mol. The van der Waals surface area contributed by atoms with Crippen LogP contribution in [0.5, 0.6) is 0 Å². The molecule has 0 radical (unpaired) electrons. The van der Waals surface area contributed by atoms with E-state index in [1.807, 2.05) is 13.8 Å². The summed E-state index contributed by atoms with van der Waals surface area (Å²) in [6.07, 6.45) is 0.870. The number of nitrogens with one attached hydrogen (secondary N) is 1. The van der Waals surface area contributed by atoms with Crippen molar-refractivity contribution in [3.05, 3.63) is 0 Å². The lowest BCUT2D eigenvalue weighted by molar-refractivity contribution is -0.142. The number of carbonyl (C=O) groups is 2. The normalized spacial score (nSPS) is 27.8. The maximum Gasteiger partial charge on any atom is 0.309 e. The van der Waals surface area contributed by atoms with Crippen molar-refractivity contribution in [1.29, 1.82) is 0 Å². The van der Waals surface area contributed by atoms with Crippen LogP contribution in [0.25, 0.3) is 0 Å². The predicted octanol–water partition coefficient (Wildman–Crippen LogP) is 0.622. The number of aliphatic carboxylic acids is 1. The van der Waals surface area contributed by atoms with Gasteiger partial charge >= 0.3 is 5.97 Å². The van der Waals surface area contributed by atoms with Crippen LogP contribution in [0.4, 0.5) is 0 Å². The average Bonchev–Trinajstić information content (AvgIpc) is 2.29. The molecule has 1 saturated heterocycles. The van der Waals surface area contributed by atoms with Gasteiger partial charge in [-0.15, -0.1) is 0 Å². The van der Waals surface area contributed by atoms with E-state index in [0.717, 1.165) is 6.42 Å². The van der Waals surface area contributed by atoms with E-state index in [4.69, 9.17) is 5.11 Å². The summed E-state index contributed by atoms with van der Waals surface area (Å²) in [5, 5.41) is 11.5. The van der Waals surface area contributed by atoms with E-state index >= 15 is 0 Å². The summed E-state index contributed by atoms with van der Waals surface area (Å²) < 4.78 is 0. The smallest absolute Gasteiger partial charge is 0.309 e. The number of carboxylic acids is 1. The molecule has 1 aliphatic heterocycles. The highest BCUT2D eigenvalue weighted by Crippen LogP contribution is 2.22. The van der Waals surface area contributed by atoms with Crippen LogP contribution in [0, 0.1) is 11.8 Å². The molecule has 1 fully saturated rings. The van der Waals surface area contributed by atoms with Gasteiger partial charge in [0.05, 0.1) is 5.92 Å². The largest absolute Gasteiger partial charge is 0.481 e. The SMILES string of the molecule is CC(C)C[C@H]1NC(=O)C[C@@H]1C(=O)O. The molecule has 0 aromatic heterocycles. The Balaban J connectivity index is 2.60. The molecule has 0 aliphatic carbocycles. The van der Waals surface area contributed by atoms with Crippen molar-refractivity contribution in [2.45, 2.75) is 32.7 Å². The maximum atomic E-state index is 11.0. The van der Waals surface area contributed by atoms with Gasteiger partial charge in [-0.25, -0.2) is 0 Å². The third kappa shape index (κ3) is 2.44. The molecule has 4 nitrogen and oxygen atoms in total. The lowest BCUT2D eigenvalue weighted by Crippen LogP contribution is -2.33. The fourth-order valence-corrected chi connectivity index (χ4v) is 1.70. The van der Waals surface area contributed by atoms with Gasteiger partial charge in [0.25, 0.3) is 0 Å². The van der Waals surface area contributed by atoms with Crippen molar-refractivity contribution in [3.8, 4) is 0 Å². The topological polar surface area (TPSA) is 66.4 Å². The Morgan fingerprint density at radius 1 is 1.69 bits per heavy atom. The number of rotatable bonds is 3. The third-order valence-electron chi connectivity index (χ3n) is 2.28. The van der Waals surface area contributed by atoms with E-state index in [0.29, 0.717) is 5.92 Å². The molecule has 1 amide bonds. The summed E-state index contributed by atoms with van der Waals surface area (Å²) in [7, 11) is 0. The van der Waals surface area contributed by atoms with Crippen molar-refractivity contribution in [2.24, 2.45) is 11.8 Å². The van der Waals surface area contributed by atoms with Crippen molar-refractivity contribution in [2.75, 3.05) is 0 Å².